The van der Waals surface area contributed by atoms with E-state index in [4.69, 9.17) is 75.2 Å². The topological polar surface area (TPSA) is 324 Å². The Labute approximate surface area is 687 Å². The number of aromatic hydroxyl groups is 2. The lowest BCUT2D eigenvalue weighted by molar-refractivity contribution is -0.0294. The number of nitrogens with two attached hydrogens (primary N) is 3. The Morgan fingerprint density at radius 1 is 0.434 bits per heavy atom. The van der Waals surface area contributed by atoms with Gasteiger partial charge in [0.1, 0.15) is 45.7 Å². The summed E-state index contributed by atoms with van der Waals surface area (Å²) >= 11 is 14.3. The first-order chi connectivity index (χ1) is 52.9. The Hall–Kier alpha value is -11.0. The number of thiocarbonyl (C=S) groups is 3. The maximum absolute atomic E-state index is 12.1. The molecule has 616 valence electrons. The smallest absolute Gasteiger partial charge is 0.508 e. The molecular formula is C88H123N9O13S3. The number of carbonyl (C=O) groups excluding carboxylic acids is 4. The number of amides is 2. The first kappa shape index (κ1) is 102. The van der Waals surface area contributed by atoms with Crippen molar-refractivity contribution in [3.8, 4) is 34.5 Å². The third-order valence-electron chi connectivity index (χ3n) is 14.9. The Balaban J connectivity index is 0.00000128. The van der Waals surface area contributed by atoms with Crippen LogP contribution in [-0.2, 0) is 14.2 Å². The SMILES string of the molecule is CC(C)(C)OC(=O)OC(=O)OC(C)(C)C.CCC.CCOc1cc(C)c(N)cc1C.CCOc1cc(C)c(NC(=S)NC(=O)c2ccccc2)cc1C.CCOc1cc(C)c(NC(N)=S)cc1C.CCOc1cc(C)c(NC)cc1C.CNc1cc(C)c(O)cc1C.Cc1cc(O)c(C)cc1N.O=C(N=C=S)c1ccccc1. The zero-order valence-electron chi connectivity index (χ0n) is 71.0. The summed E-state index contributed by atoms with van der Waals surface area (Å²) in [5, 5.41) is 35.9. The third-order valence-corrected chi connectivity index (χ3v) is 15.3. The van der Waals surface area contributed by atoms with Crippen molar-refractivity contribution < 1.29 is 62.5 Å². The highest BCUT2D eigenvalue weighted by molar-refractivity contribution is 7.80. The number of nitrogen functional groups attached to an aromatic ring is 2. The number of benzene rings is 8. The Morgan fingerprint density at radius 2 is 0.735 bits per heavy atom. The fourth-order valence-electron chi connectivity index (χ4n) is 9.20. The highest BCUT2D eigenvalue weighted by Gasteiger charge is 2.24. The van der Waals surface area contributed by atoms with Gasteiger partial charge in [-0.05, 0) is 353 Å². The number of ether oxygens (including phenoxy) is 7. The van der Waals surface area contributed by atoms with Crippen molar-refractivity contribution in [1.29, 1.82) is 0 Å². The van der Waals surface area contributed by atoms with Gasteiger partial charge in [0.05, 0.1) is 31.6 Å². The Morgan fingerprint density at radius 3 is 1.09 bits per heavy atom. The van der Waals surface area contributed by atoms with E-state index in [2.05, 4.69) is 88.4 Å². The number of phenolic OH excluding ortho intramolecular Hbond substituents is 2. The summed E-state index contributed by atoms with van der Waals surface area (Å²) in [5.41, 5.74) is 34.4. The summed E-state index contributed by atoms with van der Waals surface area (Å²) in [6.07, 6.45) is -0.867. The number of rotatable bonds is 14. The number of carbonyl (C=O) groups is 4. The van der Waals surface area contributed by atoms with Gasteiger partial charge in [-0.2, -0.15) is 4.99 Å². The van der Waals surface area contributed by atoms with Gasteiger partial charge >= 0.3 is 12.3 Å². The second kappa shape index (κ2) is 53.1. The molecule has 0 radical (unpaired) electrons. The molecule has 0 saturated heterocycles. The van der Waals surface area contributed by atoms with E-state index in [1.54, 1.807) is 96.1 Å². The zero-order valence-corrected chi connectivity index (χ0v) is 73.5. The summed E-state index contributed by atoms with van der Waals surface area (Å²) in [4.78, 5) is 48.4. The molecule has 22 nitrogen and oxygen atoms in total. The first-order valence-electron chi connectivity index (χ1n) is 36.9. The molecule has 13 N–H and O–H groups in total. The molecule has 113 heavy (non-hydrogen) atoms. The van der Waals surface area contributed by atoms with E-state index in [0.717, 1.165) is 114 Å². The quantitative estimate of drug-likeness (QED) is 0.0121. The largest absolute Gasteiger partial charge is 0.519 e. The van der Waals surface area contributed by atoms with E-state index in [1.165, 1.54) is 23.2 Å². The predicted octanol–water partition coefficient (Wildman–Crippen LogP) is 21.1. The Kier molecular flexibility index (Phi) is 47.9. The average Bonchev–Trinajstić information content (AvgIpc) is 0.842. The highest BCUT2D eigenvalue weighted by atomic mass is 32.1. The number of nitrogens with zero attached hydrogens (tertiary/aromatic N) is 1. The Bertz CT molecular complexity index is 4310. The van der Waals surface area contributed by atoms with Crippen molar-refractivity contribution in [3.63, 3.8) is 0 Å². The van der Waals surface area contributed by atoms with Crippen LogP contribution in [0.1, 0.15) is 177 Å². The molecule has 0 fully saturated rings. The molecule has 0 aliphatic rings. The number of aryl methyl sites for hydroxylation is 12. The number of hydrogen-bond donors (Lipinski definition) is 10. The molecule has 0 aliphatic carbocycles. The van der Waals surface area contributed by atoms with Gasteiger partial charge in [0.2, 0.25) is 0 Å². The summed E-state index contributed by atoms with van der Waals surface area (Å²) in [6.45, 7) is 48.5. The van der Waals surface area contributed by atoms with Gasteiger partial charge in [0, 0.05) is 59.3 Å². The molecule has 0 bridgehead atoms. The van der Waals surface area contributed by atoms with E-state index < -0.39 is 23.5 Å². The van der Waals surface area contributed by atoms with Crippen LogP contribution in [0.2, 0.25) is 0 Å². The van der Waals surface area contributed by atoms with Gasteiger partial charge in [0.25, 0.3) is 11.8 Å². The molecule has 8 rings (SSSR count). The fraction of sp³-hybridized carbons (Fsp3) is 0.375. The summed E-state index contributed by atoms with van der Waals surface area (Å²) in [7, 11) is 3.81. The molecule has 25 heteroatoms. The van der Waals surface area contributed by atoms with Gasteiger partial charge in [-0.3, -0.25) is 14.9 Å². The molecule has 2 amide bonds. The number of hydrogen-bond acceptors (Lipinski definition) is 20. The number of isothiocyanates is 1. The van der Waals surface area contributed by atoms with Crippen LogP contribution < -0.4 is 62.7 Å². The molecule has 0 atom stereocenters. The van der Waals surface area contributed by atoms with Crippen LogP contribution in [0.25, 0.3) is 0 Å². The minimum atomic E-state index is -1.06. The number of aliphatic imine (C=N–C) groups is 1. The van der Waals surface area contributed by atoms with Gasteiger partial charge in [0.15, 0.2) is 10.2 Å². The molecule has 8 aromatic carbocycles. The molecule has 8 aromatic rings. The van der Waals surface area contributed by atoms with Crippen LogP contribution in [-0.4, -0.2) is 101 Å². The number of phenols is 2. The first-order valence-corrected chi connectivity index (χ1v) is 38.1. The second-order valence-electron chi connectivity index (χ2n) is 27.3. The van der Waals surface area contributed by atoms with Crippen molar-refractivity contribution in [3.05, 3.63) is 211 Å². The van der Waals surface area contributed by atoms with Crippen LogP contribution in [0, 0.1) is 83.1 Å². The zero-order chi connectivity index (χ0) is 86.5. The monoisotopic (exact) mass is 1610 g/mol. The predicted molar refractivity (Wildman–Crippen MR) is 477 cm³/mol. The number of nitrogens with one attached hydrogen (secondary N) is 5. The molecule has 0 unspecified atom stereocenters. The normalized spacial score (nSPS) is 9.89. The minimum absolute atomic E-state index is 0.233. The molecule has 0 heterocycles. The maximum Gasteiger partial charge on any atom is 0.519 e. The van der Waals surface area contributed by atoms with Gasteiger partial charge in [-0.25, -0.2) is 9.59 Å². The number of anilines is 6. The van der Waals surface area contributed by atoms with E-state index in [-0.39, 0.29) is 22.0 Å². The van der Waals surface area contributed by atoms with E-state index in [0.29, 0.717) is 42.4 Å². The standard InChI is InChI=1S/C18H20N2O2S.C11H16N2OS.C11H17NO.C10H15NO.C10H18O5.C9H13NO.C8H5NOS.C8H11NO.C3H8/c1-4-22-16-11-12(2)15(10-13(16)3)19-18(23)20-17(21)14-8-6-5-7-9-14;1-4-14-10-6-7(2)9(5-8(10)3)13-11(12)15;1-5-13-11-7-8(2)10(12-4)6-9(11)3;1-4-12-10-6-7(2)9(11)5-8(10)3;1-9(2,3)14-7(11)13-8(12)15-10(4,5)6;1-6-5-9(11)7(2)4-8(6)10-3;10-8(9-6-11)7-4-2-1-3-5-7;1-5-4-8(10)6(2)3-7(5)9;1-3-2/h5-11H,4H2,1-3H3,(H2,19,20,21,23);5-6H,4H2,1-3H3,(H3,12,13,15);6-7,12H,5H2,1-4H3;5-6H,4,11H2,1-3H3;1-6H3;4-5,10-11H,1-3H3;1-5H;3-4,10H,9H2,1-2H3;3H2,1-2H3. The molecular weight excluding hydrogens is 1490 g/mol. The van der Waals surface area contributed by atoms with Crippen LogP contribution >= 0.6 is 36.7 Å². The van der Waals surface area contributed by atoms with E-state index >= 15 is 0 Å². The van der Waals surface area contributed by atoms with Crippen molar-refractivity contribution >= 4 is 110 Å². The van der Waals surface area contributed by atoms with Crippen molar-refractivity contribution in [1.82, 2.24) is 5.32 Å². The second-order valence-corrected chi connectivity index (χ2v) is 28.4. The molecule has 0 aromatic heterocycles. The lowest BCUT2D eigenvalue weighted by Gasteiger charge is -2.20. The van der Waals surface area contributed by atoms with Crippen LogP contribution in [0.15, 0.2) is 138 Å². The van der Waals surface area contributed by atoms with E-state index in [1.807, 2.05) is 183 Å². The van der Waals surface area contributed by atoms with Crippen LogP contribution in [0.3, 0.4) is 0 Å². The summed E-state index contributed by atoms with van der Waals surface area (Å²) in [6, 6.07) is 40.8. The van der Waals surface area contributed by atoms with Crippen molar-refractivity contribution in [2.45, 2.75) is 184 Å². The maximum atomic E-state index is 12.1. The fourth-order valence-corrected chi connectivity index (χ4v) is 9.60. The summed E-state index contributed by atoms with van der Waals surface area (Å²) in [5.74, 6) is 3.78. The van der Waals surface area contributed by atoms with Crippen LogP contribution in [0.5, 0.6) is 34.5 Å². The van der Waals surface area contributed by atoms with Gasteiger partial charge < -0.3 is 81.8 Å². The third kappa shape index (κ3) is 41.8. The van der Waals surface area contributed by atoms with E-state index in [9.17, 15) is 24.3 Å². The lowest BCUT2D eigenvalue weighted by Crippen LogP contribution is -2.34. The molecule has 0 aliphatic heterocycles. The van der Waals surface area contributed by atoms with Gasteiger partial charge in [-0.15, -0.1) is 0 Å². The highest BCUT2D eigenvalue weighted by Crippen LogP contribution is 2.30. The average molecular weight is 1610 g/mol. The molecule has 0 saturated carbocycles. The lowest BCUT2D eigenvalue weighted by atomic mass is 10.1. The minimum Gasteiger partial charge on any atom is -0.508 e. The van der Waals surface area contributed by atoms with Crippen LogP contribution in [0.4, 0.5) is 43.7 Å². The molecule has 0 spiro atoms. The summed E-state index contributed by atoms with van der Waals surface area (Å²) < 4.78 is 35.8. The van der Waals surface area contributed by atoms with Crippen molar-refractivity contribution in [2.75, 3.05) is 73.3 Å². The van der Waals surface area contributed by atoms with Gasteiger partial charge in [-0.1, -0.05) is 56.7 Å². The van der Waals surface area contributed by atoms with Crippen molar-refractivity contribution in [2.24, 2.45) is 10.7 Å².